The molecule has 1 fully saturated rings. The van der Waals surface area contributed by atoms with E-state index in [1.165, 1.54) is 6.07 Å². The summed E-state index contributed by atoms with van der Waals surface area (Å²) in [6.45, 7) is 1.12. The number of H-pyrrole nitrogens is 1. The number of ether oxygens (including phenoxy) is 1. The second kappa shape index (κ2) is 6.92. The van der Waals surface area contributed by atoms with Gasteiger partial charge in [0.2, 0.25) is 5.95 Å². The van der Waals surface area contributed by atoms with Crippen LogP contribution < -0.4 is 15.2 Å². The number of aromatic amines is 1. The number of amides is 1. The fourth-order valence-corrected chi connectivity index (χ4v) is 2.89. The Balaban J connectivity index is 1.77. The van der Waals surface area contributed by atoms with Crippen LogP contribution >= 0.6 is 0 Å². The number of carbonyl (C=O) groups excluding carboxylic acids is 1. The van der Waals surface area contributed by atoms with E-state index in [4.69, 9.17) is 4.74 Å². The number of hydrogen-bond donors (Lipinski definition) is 1. The average Bonchev–Trinajstić information content (AvgIpc) is 3.10. The van der Waals surface area contributed by atoms with Gasteiger partial charge in [0.25, 0.3) is 11.5 Å². The molecule has 0 aliphatic carbocycles. The second-order valence-corrected chi connectivity index (χ2v) is 6.21. The van der Waals surface area contributed by atoms with Crippen molar-refractivity contribution in [3.63, 3.8) is 0 Å². The first-order valence-electron chi connectivity index (χ1n) is 8.06. The lowest BCUT2D eigenvalue weighted by molar-refractivity contribution is 0.0784. The molecule has 3 heterocycles. The Bertz CT molecular complexity index is 833. The van der Waals surface area contributed by atoms with Crippen LogP contribution in [0.1, 0.15) is 28.5 Å². The summed E-state index contributed by atoms with van der Waals surface area (Å²) in [5.74, 6) is 1.01. The Morgan fingerprint density at radius 1 is 1.40 bits per heavy atom. The highest BCUT2D eigenvalue weighted by atomic mass is 16.5. The van der Waals surface area contributed by atoms with E-state index in [0.717, 1.165) is 6.42 Å². The zero-order chi connectivity index (χ0) is 18.0. The van der Waals surface area contributed by atoms with Crippen molar-refractivity contribution in [2.45, 2.75) is 12.3 Å². The number of hydrogen-bond acceptors (Lipinski definition) is 6. The number of aromatic nitrogens is 3. The number of nitrogens with one attached hydrogen (secondary N) is 1. The molecule has 2 aromatic rings. The van der Waals surface area contributed by atoms with Gasteiger partial charge in [0.05, 0.1) is 12.8 Å². The van der Waals surface area contributed by atoms with Crippen LogP contribution in [-0.4, -0.2) is 60.1 Å². The second-order valence-electron chi connectivity index (χ2n) is 6.21. The highest BCUT2D eigenvalue weighted by Gasteiger charge is 2.30. The maximum absolute atomic E-state index is 12.6. The third kappa shape index (κ3) is 3.62. The predicted octanol–water partition coefficient (Wildman–Crippen LogP) is 0.869. The van der Waals surface area contributed by atoms with E-state index < -0.39 is 0 Å². The Labute approximate surface area is 145 Å². The fourth-order valence-electron chi connectivity index (χ4n) is 2.89. The standard InChI is InChI=1S/C17H21N5O3/c1-21(2)17-19-13(9-15(23)20-17)11-5-7-22(10-11)16(24)14-8-12(25-3)4-6-18-14/h4,6,8-9,11H,5,7,10H2,1-3H3,(H,19,20,23). The van der Waals surface area contributed by atoms with Crippen molar-refractivity contribution >= 4 is 11.9 Å². The quantitative estimate of drug-likeness (QED) is 0.886. The van der Waals surface area contributed by atoms with Crippen molar-refractivity contribution < 1.29 is 9.53 Å². The molecule has 1 aliphatic heterocycles. The van der Waals surface area contributed by atoms with Crippen LogP contribution in [-0.2, 0) is 0 Å². The lowest BCUT2D eigenvalue weighted by Crippen LogP contribution is -2.29. The van der Waals surface area contributed by atoms with Crippen molar-refractivity contribution in [1.82, 2.24) is 19.9 Å². The number of rotatable bonds is 4. The average molecular weight is 343 g/mol. The number of nitrogens with zero attached hydrogens (tertiary/aromatic N) is 4. The van der Waals surface area contributed by atoms with Crippen LogP contribution in [0.15, 0.2) is 29.2 Å². The zero-order valence-corrected chi connectivity index (χ0v) is 14.5. The Kier molecular flexibility index (Phi) is 4.69. The van der Waals surface area contributed by atoms with Gasteiger partial charge in [-0.2, -0.15) is 0 Å². The SMILES string of the molecule is COc1ccnc(C(=O)N2CCC(c3cc(=O)[nH]c(N(C)C)n3)C2)c1. The van der Waals surface area contributed by atoms with Crippen molar-refractivity contribution in [2.75, 3.05) is 39.2 Å². The third-order valence-corrected chi connectivity index (χ3v) is 4.25. The molecule has 1 saturated heterocycles. The summed E-state index contributed by atoms with van der Waals surface area (Å²) >= 11 is 0. The molecule has 0 aromatic carbocycles. The summed E-state index contributed by atoms with van der Waals surface area (Å²) in [5.41, 5.74) is 0.877. The Morgan fingerprint density at radius 2 is 2.20 bits per heavy atom. The van der Waals surface area contributed by atoms with Crippen LogP contribution in [0.2, 0.25) is 0 Å². The Morgan fingerprint density at radius 3 is 2.92 bits per heavy atom. The fraction of sp³-hybridized carbons (Fsp3) is 0.412. The third-order valence-electron chi connectivity index (χ3n) is 4.25. The first-order chi connectivity index (χ1) is 12.0. The van der Waals surface area contributed by atoms with Gasteiger partial charge in [-0.25, -0.2) is 4.98 Å². The maximum atomic E-state index is 12.6. The van der Waals surface area contributed by atoms with Gasteiger partial charge in [-0.05, 0) is 12.5 Å². The number of carbonyl (C=O) groups is 1. The molecular formula is C17H21N5O3. The maximum Gasteiger partial charge on any atom is 0.272 e. The summed E-state index contributed by atoms with van der Waals surface area (Å²) in [6, 6.07) is 4.84. The van der Waals surface area contributed by atoms with E-state index in [2.05, 4.69) is 15.0 Å². The lowest BCUT2D eigenvalue weighted by atomic mass is 10.1. The molecule has 1 aliphatic rings. The van der Waals surface area contributed by atoms with Crippen molar-refractivity contribution in [2.24, 2.45) is 0 Å². The zero-order valence-electron chi connectivity index (χ0n) is 14.5. The van der Waals surface area contributed by atoms with E-state index in [9.17, 15) is 9.59 Å². The van der Waals surface area contributed by atoms with Gasteiger partial charge < -0.3 is 14.5 Å². The molecule has 25 heavy (non-hydrogen) atoms. The number of likely N-dealkylation sites (tertiary alicyclic amines) is 1. The van der Waals surface area contributed by atoms with Crippen LogP contribution in [0.3, 0.4) is 0 Å². The summed E-state index contributed by atoms with van der Waals surface area (Å²) in [6.07, 6.45) is 2.32. The monoisotopic (exact) mass is 343 g/mol. The van der Waals surface area contributed by atoms with Gasteiger partial charge >= 0.3 is 0 Å². The number of anilines is 1. The summed E-state index contributed by atoms with van der Waals surface area (Å²) in [4.78, 5) is 39.3. The molecular weight excluding hydrogens is 322 g/mol. The normalized spacial score (nSPS) is 16.8. The van der Waals surface area contributed by atoms with Gasteiger partial charge in [-0.3, -0.25) is 19.6 Å². The molecule has 0 spiro atoms. The molecule has 0 bridgehead atoms. The largest absolute Gasteiger partial charge is 0.497 e. The van der Waals surface area contributed by atoms with Gasteiger partial charge in [0.15, 0.2) is 0 Å². The van der Waals surface area contributed by atoms with Gasteiger partial charge in [0.1, 0.15) is 11.4 Å². The molecule has 1 atom stereocenters. The molecule has 0 saturated carbocycles. The first kappa shape index (κ1) is 16.9. The van der Waals surface area contributed by atoms with Crippen LogP contribution in [0, 0.1) is 0 Å². The number of methoxy groups -OCH3 is 1. The Hall–Kier alpha value is -2.90. The van der Waals surface area contributed by atoms with Gasteiger partial charge in [-0.1, -0.05) is 0 Å². The van der Waals surface area contributed by atoms with E-state index in [0.29, 0.717) is 36.2 Å². The summed E-state index contributed by atoms with van der Waals surface area (Å²) in [7, 11) is 5.19. The van der Waals surface area contributed by atoms with E-state index >= 15 is 0 Å². The molecule has 3 rings (SSSR count). The molecule has 1 N–H and O–H groups in total. The van der Waals surface area contributed by atoms with Gasteiger partial charge in [-0.15, -0.1) is 0 Å². The van der Waals surface area contributed by atoms with E-state index in [1.807, 2.05) is 14.1 Å². The molecule has 1 amide bonds. The molecule has 8 nitrogen and oxygen atoms in total. The minimum Gasteiger partial charge on any atom is -0.497 e. The first-order valence-corrected chi connectivity index (χ1v) is 8.06. The molecule has 0 radical (unpaired) electrons. The lowest BCUT2D eigenvalue weighted by Gasteiger charge is -2.17. The van der Waals surface area contributed by atoms with Crippen molar-refractivity contribution in [3.05, 3.63) is 46.1 Å². The topological polar surface area (TPSA) is 91.4 Å². The van der Waals surface area contributed by atoms with E-state index in [-0.39, 0.29) is 17.4 Å². The van der Waals surface area contributed by atoms with Crippen LogP contribution in [0.4, 0.5) is 5.95 Å². The molecule has 132 valence electrons. The number of pyridine rings is 1. The van der Waals surface area contributed by atoms with Crippen LogP contribution in [0.5, 0.6) is 5.75 Å². The molecule has 8 heteroatoms. The molecule has 1 unspecified atom stereocenters. The minimum atomic E-state index is -0.187. The summed E-state index contributed by atoms with van der Waals surface area (Å²) < 4.78 is 5.14. The van der Waals surface area contributed by atoms with E-state index in [1.54, 1.807) is 35.2 Å². The highest BCUT2D eigenvalue weighted by Crippen LogP contribution is 2.27. The van der Waals surface area contributed by atoms with Gasteiger partial charge in [0, 0.05) is 51.4 Å². The minimum absolute atomic E-state index is 0.0376. The van der Waals surface area contributed by atoms with Crippen molar-refractivity contribution in [1.29, 1.82) is 0 Å². The molecule has 2 aromatic heterocycles. The smallest absolute Gasteiger partial charge is 0.272 e. The van der Waals surface area contributed by atoms with Crippen LogP contribution in [0.25, 0.3) is 0 Å². The highest BCUT2D eigenvalue weighted by molar-refractivity contribution is 5.92. The summed E-state index contributed by atoms with van der Waals surface area (Å²) in [5, 5.41) is 0. The van der Waals surface area contributed by atoms with Crippen molar-refractivity contribution in [3.8, 4) is 5.75 Å². The predicted molar refractivity (Wildman–Crippen MR) is 93.2 cm³/mol.